The fraction of sp³-hybridized carbons (Fsp3) is 0.333. The van der Waals surface area contributed by atoms with Crippen LogP contribution in [0.5, 0.6) is 11.5 Å². The summed E-state index contributed by atoms with van der Waals surface area (Å²) >= 11 is 0. The van der Waals surface area contributed by atoms with E-state index in [1.807, 2.05) is 48.5 Å². The molecule has 0 bridgehead atoms. The summed E-state index contributed by atoms with van der Waals surface area (Å²) in [6.07, 6.45) is 0.892. The van der Waals surface area contributed by atoms with E-state index in [1.165, 1.54) is 5.56 Å². The summed E-state index contributed by atoms with van der Waals surface area (Å²) in [5, 5.41) is 3.50. The molecule has 0 aliphatic carbocycles. The molecule has 0 aliphatic heterocycles. The second-order valence-corrected chi connectivity index (χ2v) is 4.80. The van der Waals surface area contributed by atoms with Gasteiger partial charge in [0.15, 0.2) is 0 Å². The van der Waals surface area contributed by atoms with Crippen LogP contribution in [0.1, 0.15) is 24.9 Å². The number of methoxy groups -OCH3 is 1. The van der Waals surface area contributed by atoms with Gasteiger partial charge in [-0.05, 0) is 24.7 Å². The Bertz CT molecular complexity index is 528. The molecule has 112 valence electrons. The molecular weight excluding hydrogens is 262 g/mol. The summed E-state index contributed by atoms with van der Waals surface area (Å²) in [4.78, 5) is 0. The smallest absolute Gasteiger partial charge is 0.123 e. The van der Waals surface area contributed by atoms with Crippen molar-refractivity contribution >= 4 is 0 Å². The van der Waals surface area contributed by atoms with Crippen molar-refractivity contribution in [2.75, 3.05) is 20.3 Å². The summed E-state index contributed by atoms with van der Waals surface area (Å²) in [6.45, 7) is 3.69. The van der Waals surface area contributed by atoms with Crippen molar-refractivity contribution in [3.05, 3.63) is 60.2 Å². The fourth-order valence-corrected chi connectivity index (χ4v) is 2.38. The van der Waals surface area contributed by atoms with Gasteiger partial charge in [0.1, 0.15) is 11.5 Å². The van der Waals surface area contributed by atoms with Gasteiger partial charge in [-0.2, -0.15) is 0 Å². The molecule has 3 nitrogen and oxygen atoms in total. The Morgan fingerprint density at radius 2 is 1.71 bits per heavy atom. The van der Waals surface area contributed by atoms with Gasteiger partial charge >= 0.3 is 0 Å². The SMILES string of the molecule is CCNC(CCOc1ccccc1)c1ccccc1OC. The number of hydrogen-bond donors (Lipinski definition) is 1. The molecule has 1 N–H and O–H groups in total. The first-order chi connectivity index (χ1) is 10.3. The molecule has 2 rings (SSSR count). The number of ether oxygens (including phenoxy) is 2. The second kappa shape index (κ2) is 8.32. The van der Waals surface area contributed by atoms with Crippen molar-refractivity contribution in [2.24, 2.45) is 0 Å². The first-order valence-electron chi connectivity index (χ1n) is 7.39. The largest absolute Gasteiger partial charge is 0.496 e. The van der Waals surface area contributed by atoms with E-state index in [9.17, 15) is 0 Å². The maximum Gasteiger partial charge on any atom is 0.123 e. The van der Waals surface area contributed by atoms with Crippen LogP contribution in [0.15, 0.2) is 54.6 Å². The lowest BCUT2D eigenvalue weighted by molar-refractivity contribution is 0.285. The van der Waals surface area contributed by atoms with Gasteiger partial charge in [-0.15, -0.1) is 0 Å². The highest BCUT2D eigenvalue weighted by Gasteiger charge is 2.14. The van der Waals surface area contributed by atoms with E-state index < -0.39 is 0 Å². The van der Waals surface area contributed by atoms with E-state index in [4.69, 9.17) is 9.47 Å². The topological polar surface area (TPSA) is 30.5 Å². The van der Waals surface area contributed by atoms with Gasteiger partial charge in [-0.1, -0.05) is 43.3 Å². The van der Waals surface area contributed by atoms with Gasteiger partial charge in [0.05, 0.1) is 13.7 Å². The molecule has 2 aromatic rings. The van der Waals surface area contributed by atoms with Gasteiger partial charge in [0, 0.05) is 18.0 Å². The minimum Gasteiger partial charge on any atom is -0.496 e. The van der Waals surface area contributed by atoms with Crippen LogP contribution in [0.2, 0.25) is 0 Å². The molecule has 0 saturated carbocycles. The molecule has 2 aromatic carbocycles. The molecule has 1 atom stereocenters. The Hall–Kier alpha value is -2.00. The molecule has 0 radical (unpaired) electrons. The van der Waals surface area contributed by atoms with Crippen LogP contribution in [0, 0.1) is 0 Å². The third-order valence-electron chi connectivity index (χ3n) is 3.38. The third-order valence-corrected chi connectivity index (χ3v) is 3.38. The number of hydrogen-bond acceptors (Lipinski definition) is 3. The number of rotatable bonds is 8. The summed E-state index contributed by atoms with van der Waals surface area (Å²) < 4.78 is 11.3. The van der Waals surface area contributed by atoms with Crippen LogP contribution in [0.25, 0.3) is 0 Å². The zero-order valence-electron chi connectivity index (χ0n) is 12.7. The fourth-order valence-electron chi connectivity index (χ4n) is 2.38. The number of benzene rings is 2. The predicted molar refractivity (Wildman–Crippen MR) is 86.0 cm³/mol. The highest BCUT2D eigenvalue weighted by atomic mass is 16.5. The summed E-state index contributed by atoms with van der Waals surface area (Å²) in [5.74, 6) is 1.83. The quantitative estimate of drug-likeness (QED) is 0.800. The van der Waals surface area contributed by atoms with E-state index in [0.29, 0.717) is 6.61 Å². The summed E-state index contributed by atoms with van der Waals surface area (Å²) in [6, 6.07) is 18.3. The predicted octanol–water partition coefficient (Wildman–Crippen LogP) is 3.81. The molecule has 0 heterocycles. The van der Waals surface area contributed by atoms with E-state index >= 15 is 0 Å². The van der Waals surface area contributed by atoms with Crippen LogP contribution >= 0.6 is 0 Å². The monoisotopic (exact) mass is 285 g/mol. The minimum atomic E-state index is 0.231. The zero-order chi connectivity index (χ0) is 14.9. The third kappa shape index (κ3) is 4.50. The summed E-state index contributed by atoms with van der Waals surface area (Å²) in [7, 11) is 1.71. The van der Waals surface area contributed by atoms with E-state index in [1.54, 1.807) is 7.11 Å². The van der Waals surface area contributed by atoms with Gasteiger partial charge in [0.2, 0.25) is 0 Å². The molecule has 21 heavy (non-hydrogen) atoms. The van der Waals surface area contributed by atoms with Crippen LogP contribution in [0.3, 0.4) is 0 Å². The highest BCUT2D eigenvalue weighted by Crippen LogP contribution is 2.27. The zero-order valence-corrected chi connectivity index (χ0v) is 12.7. The maximum atomic E-state index is 5.80. The molecule has 0 spiro atoms. The van der Waals surface area contributed by atoms with Crippen molar-refractivity contribution in [1.82, 2.24) is 5.32 Å². The average Bonchev–Trinajstić information content (AvgIpc) is 2.55. The van der Waals surface area contributed by atoms with E-state index in [0.717, 1.165) is 24.5 Å². The maximum absolute atomic E-state index is 5.80. The lowest BCUT2D eigenvalue weighted by Gasteiger charge is -2.21. The van der Waals surface area contributed by atoms with E-state index in [-0.39, 0.29) is 6.04 Å². The van der Waals surface area contributed by atoms with Crippen molar-refractivity contribution in [3.8, 4) is 11.5 Å². The standard InChI is InChI=1S/C18H23NO2/c1-3-19-17(16-11-7-8-12-18(16)20-2)13-14-21-15-9-5-4-6-10-15/h4-12,17,19H,3,13-14H2,1-2H3. The lowest BCUT2D eigenvalue weighted by atomic mass is 10.0. The Balaban J connectivity index is 1.99. The molecule has 0 amide bonds. The van der Waals surface area contributed by atoms with Gasteiger partial charge in [-0.25, -0.2) is 0 Å². The van der Waals surface area contributed by atoms with Crippen molar-refractivity contribution in [3.63, 3.8) is 0 Å². The molecule has 0 aliphatic rings. The minimum absolute atomic E-state index is 0.231. The van der Waals surface area contributed by atoms with Crippen LogP contribution in [0.4, 0.5) is 0 Å². The van der Waals surface area contributed by atoms with Crippen molar-refractivity contribution < 1.29 is 9.47 Å². The molecular formula is C18H23NO2. The summed E-state index contributed by atoms with van der Waals surface area (Å²) in [5.41, 5.74) is 1.18. The molecule has 0 aromatic heterocycles. The number of nitrogens with one attached hydrogen (secondary N) is 1. The van der Waals surface area contributed by atoms with Crippen LogP contribution < -0.4 is 14.8 Å². The van der Waals surface area contributed by atoms with Gasteiger partial charge < -0.3 is 14.8 Å². The van der Waals surface area contributed by atoms with E-state index in [2.05, 4.69) is 18.3 Å². The Morgan fingerprint density at radius 3 is 2.43 bits per heavy atom. The van der Waals surface area contributed by atoms with Crippen molar-refractivity contribution in [2.45, 2.75) is 19.4 Å². The van der Waals surface area contributed by atoms with Crippen LogP contribution in [-0.2, 0) is 0 Å². The Morgan fingerprint density at radius 1 is 1.00 bits per heavy atom. The molecule has 0 saturated heterocycles. The highest BCUT2D eigenvalue weighted by molar-refractivity contribution is 5.35. The molecule has 0 fully saturated rings. The number of para-hydroxylation sites is 2. The normalized spacial score (nSPS) is 11.9. The molecule has 3 heteroatoms. The van der Waals surface area contributed by atoms with Crippen LogP contribution in [-0.4, -0.2) is 20.3 Å². The lowest BCUT2D eigenvalue weighted by Crippen LogP contribution is -2.23. The average molecular weight is 285 g/mol. The first-order valence-corrected chi connectivity index (χ1v) is 7.39. The van der Waals surface area contributed by atoms with Gasteiger partial charge in [-0.3, -0.25) is 0 Å². The first kappa shape index (κ1) is 15.4. The van der Waals surface area contributed by atoms with Gasteiger partial charge in [0.25, 0.3) is 0 Å². The Kier molecular flexibility index (Phi) is 6.10. The Labute approximate surface area is 126 Å². The molecule has 1 unspecified atom stereocenters. The second-order valence-electron chi connectivity index (χ2n) is 4.80. The van der Waals surface area contributed by atoms with Crippen molar-refractivity contribution in [1.29, 1.82) is 0 Å².